The Bertz CT molecular complexity index is 445. The molecule has 2 heteroatoms. The van der Waals surface area contributed by atoms with E-state index in [9.17, 15) is 4.79 Å². The van der Waals surface area contributed by atoms with E-state index in [0.717, 1.165) is 12.2 Å². The average Bonchev–Trinajstić information content (AvgIpc) is 2.38. The molecule has 0 aromatic heterocycles. The summed E-state index contributed by atoms with van der Waals surface area (Å²) in [5.41, 5.74) is 1.19. The molecular formula is C16H20O2. The summed E-state index contributed by atoms with van der Waals surface area (Å²) in [7, 11) is 0. The van der Waals surface area contributed by atoms with Crippen molar-refractivity contribution in [1.29, 1.82) is 0 Å². The zero-order chi connectivity index (χ0) is 13.1. The maximum Gasteiger partial charge on any atom is 0.314 e. The van der Waals surface area contributed by atoms with Gasteiger partial charge in [-0.05, 0) is 18.1 Å². The number of allylic oxidation sites excluding steroid dienone is 2. The van der Waals surface area contributed by atoms with E-state index in [1.165, 1.54) is 5.56 Å². The molecule has 0 aliphatic carbocycles. The fraction of sp³-hybridized carbons (Fsp3) is 0.438. The maximum absolute atomic E-state index is 12.1. The smallest absolute Gasteiger partial charge is 0.314 e. The Hall–Kier alpha value is -1.57. The first kappa shape index (κ1) is 12.9. The van der Waals surface area contributed by atoms with Crippen molar-refractivity contribution in [2.75, 3.05) is 0 Å². The van der Waals surface area contributed by atoms with Gasteiger partial charge in [-0.15, -0.1) is 0 Å². The predicted molar refractivity (Wildman–Crippen MR) is 72.0 cm³/mol. The SMILES string of the molecule is CC[C@H]1C(=O)OC(C(C)C)=C[C@@H]1c1ccccc1. The molecular weight excluding hydrogens is 224 g/mol. The second kappa shape index (κ2) is 5.38. The van der Waals surface area contributed by atoms with E-state index >= 15 is 0 Å². The minimum Gasteiger partial charge on any atom is -0.431 e. The molecule has 2 nitrogen and oxygen atoms in total. The Morgan fingerprint density at radius 2 is 1.89 bits per heavy atom. The van der Waals surface area contributed by atoms with E-state index in [4.69, 9.17) is 4.74 Å². The lowest BCUT2D eigenvalue weighted by molar-refractivity contribution is -0.147. The predicted octanol–water partition coefficient (Wildman–Crippen LogP) is 3.89. The number of carbonyl (C=O) groups excluding carboxylic acids is 1. The number of hydrogen-bond donors (Lipinski definition) is 0. The van der Waals surface area contributed by atoms with Crippen LogP contribution in [0, 0.1) is 11.8 Å². The summed E-state index contributed by atoms with van der Waals surface area (Å²) in [5, 5.41) is 0. The first-order chi connectivity index (χ1) is 8.63. The summed E-state index contributed by atoms with van der Waals surface area (Å²) in [4.78, 5) is 12.1. The minimum atomic E-state index is -0.0856. The maximum atomic E-state index is 12.1. The lowest BCUT2D eigenvalue weighted by Crippen LogP contribution is -2.28. The molecule has 0 fully saturated rings. The zero-order valence-corrected chi connectivity index (χ0v) is 11.2. The van der Waals surface area contributed by atoms with Crippen LogP contribution in [0.25, 0.3) is 0 Å². The van der Waals surface area contributed by atoms with Crippen LogP contribution in [0.1, 0.15) is 38.7 Å². The van der Waals surface area contributed by atoms with Crippen LogP contribution in [-0.2, 0) is 9.53 Å². The summed E-state index contributed by atoms with van der Waals surface area (Å²) in [6.07, 6.45) is 2.93. The van der Waals surface area contributed by atoms with Crippen LogP contribution in [0.3, 0.4) is 0 Å². The molecule has 1 aliphatic heterocycles. The second-order valence-corrected chi connectivity index (χ2v) is 5.10. The molecule has 1 aliphatic rings. The van der Waals surface area contributed by atoms with Crippen LogP contribution in [0.15, 0.2) is 42.2 Å². The van der Waals surface area contributed by atoms with Crippen molar-refractivity contribution in [3.63, 3.8) is 0 Å². The largest absolute Gasteiger partial charge is 0.431 e. The summed E-state index contributed by atoms with van der Waals surface area (Å²) >= 11 is 0. The Balaban J connectivity index is 2.39. The van der Waals surface area contributed by atoms with Crippen molar-refractivity contribution in [1.82, 2.24) is 0 Å². The highest BCUT2D eigenvalue weighted by molar-refractivity contribution is 5.76. The van der Waals surface area contributed by atoms with Gasteiger partial charge in [-0.1, -0.05) is 51.1 Å². The molecule has 0 bridgehead atoms. The van der Waals surface area contributed by atoms with Gasteiger partial charge in [0.1, 0.15) is 5.76 Å². The molecule has 0 spiro atoms. The molecule has 0 saturated heterocycles. The topological polar surface area (TPSA) is 26.3 Å². The van der Waals surface area contributed by atoms with Gasteiger partial charge in [0, 0.05) is 11.8 Å². The van der Waals surface area contributed by atoms with Gasteiger partial charge in [-0.25, -0.2) is 0 Å². The van der Waals surface area contributed by atoms with Crippen molar-refractivity contribution in [2.24, 2.45) is 11.8 Å². The van der Waals surface area contributed by atoms with Gasteiger partial charge in [0.05, 0.1) is 5.92 Å². The number of rotatable bonds is 3. The van der Waals surface area contributed by atoms with Crippen molar-refractivity contribution in [3.8, 4) is 0 Å². The Morgan fingerprint density at radius 1 is 1.22 bits per heavy atom. The average molecular weight is 244 g/mol. The van der Waals surface area contributed by atoms with E-state index in [1.54, 1.807) is 0 Å². The highest BCUT2D eigenvalue weighted by Gasteiger charge is 2.33. The quantitative estimate of drug-likeness (QED) is 0.754. The summed E-state index contributed by atoms with van der Waals surface area (Å²) in [6.45, 7) is 6.14. The molecule has 96 valence electrons. The molecule has 1 heterocycles. The van der Waals surface area contributed by atoms with E-state index < -0.39 is 0 Å². The second-order valence-electron chi connectivity index (χ2n) is 5.10. The molecule has 0 saturated carbocycles. The first-order valence-corrected chi connectivity index (χ1v) is 6.61. The number of carbonyl (C=O) groups is 1. The fourth-order valence-corrected chi connectivity index (χ4v) is 2.40. The molecule has 0 unspecified atom stereocenters. The van der Waals surface area contributed by atoms with Crippen LogP contribution in [0.2, 0.25) is 0 Å². The molecule has 1 aromatic rings. The third-order valence-corrected chi connectivity index (χ3v) is 3.49. The van der Waals surface area contributed by atoms with Gasteiger partial charge in [-0.3, -0.25) is 4.79 Å². The lowest BCUT2D eigenvalue weighted by atomic mass is 9.81. The zero-order valence-electron chi connectivity index (χ0n) is 11.2. The molecule has 2 rings (SSSR count). The molecule has 0 amide bonds. The summed E-state index contributed by atoms with van der Waals surface area (Å²) < 4.78 is 5.43. The van der Waals surface area contributed by atoms with E-state index in [1.807, 2.05) is 39.0 Å². The number of ether oxygens (including phenoxy) is 1. The third kappa shape index (κ3) is 2.47. The molecule has 0 radical (unpaired) electrons. The van der Waals surface area contributed by atoms with E-state index in [-0.39, 0.29) is 23.7 Å². The van der Waals surface area contributed by atoms with Gasteiger partial charge in [0.2, 0.25) is 0 Å². The third-order valence-electron chi connectivity index (χ3n) is 3.49. The van der Waals surface area contributed by atoms with Crippen molar-refractivity contribution >= 4 is 5.97 Å². The van der Waals surface area contributed by atoms with Crippen LogP contribution in [0.5, 0.6) is 0 Å². The number of hydrogen-bond acceptors (Lipinski definition) is 2. The lowest BCUT2D eigenvalue weighted by Gasteiger charge is -2.29. The summed E-state index contributed by atoms with van der Waals surface area (Å²) in [6, 6.07) is 10.2. The molecule has 1 aromatic carbocycles. The molecule has 18 heavy (non-hydrogen) atoms. The first-order valence-electron chi connectivity index (χ1n) is 6.61. The van der Waals surface area contributed by atoms with E-state index in [0.29, 0.717) is 0 Å². The number of benzene rings is 1. The van der Waals surface area contributed by atoms with Gasteiger partial charge >= 0.3 is 5.97 Å². The Labute approximate surface area is 109 Å². The van der Waals surface area contributed by atoms with Gasteiger partial charge < -0.3 is 4.74 Å². The van der Waals surface area contributed by atoms with Crippen LogP contribution in [0.4, 0.5) is 0 Å². The van der Waals surface area contributed by atoms with Gasteiger partial charge in [-0.2, -0.15) is 0 Å². The normalized spacial score (nSPS) is 23.8. The standard InChI is InChI=1S/C16H20O2/c1-4-13-14(12-8-6-5-7-9-12)10-15(11(2)3)18-16(13)17/h5-11,13-14H,4H2,1-3H3/t13-,14-/m1/s1. The Morgan fingerprint density at radius 3 is 2.44 bits per heavy atom. The Kier molecular flexibility index (Phi) is 3.85. The van der Waals surface area contributed by atoms with Crippen LogP contribution in [-0.4, -0.2) is 5.97 Å². The number of cyclic esters (lactones) is 1. The van der Waals surface area contributed by atoms with Crippen LogP contribution >= 0.6 is 0 Å². The van der Waals surface area contributed by atoms with Crippen molar-refractivity contribution in [2.45, 2.75) is 33.1 Å². The highest BCUT2D eigenvalue weighted by Crippen LogP contribution is 2.36. The van der Waals surface area contributed by atoms with Crippen molar-refractivity contribution < 1.29 is 9.53 Å². The summed E-state index contributed by atoms with van der Waals surface area (Å²) in [5.74, 6) is 1.05. The fourth-order valence-electron chi connectivity index (χ4n) is 2.40. The monoisotopic (exact) mass is 244 g/mol. The van der Waals surface area contributed by atoms with E-state index in [2.05, 4.69) is 18.2 Å². The van der Waals surface area contributed by atoms with Crippen molar-refractivity contribution in [3.05, 3.63) is 47.7 Å². The minimum absolute atomic E-state index is 0.0603. The number of esters is 1. The molecule has 0 N–H and O–H groups in total. The van der Waals surface area contributed by atoms with Gasteiger partial charge in [0.15, 0.2) is 0 Å². The highest BCUT2D eigenvalue weighted by atomic mass is 16.5. The van der Waals surface area contributed by atoms with Crippen LogP contribution < -0.4 is 0 Å². The molecule has 2 atom stereocenters. The van der Waals surface area contributed by atoms with Gasteiger partial charge in [0.25, 0.3) is 0 Å².